The fourth-order valence-electron chi connectivity index (χ4n) is 3.78. The maximum absolute atomic E-state index is 11.9. The zero-order valence-electron chi connectivity index (χ0n) is 15.1. The third-order valence-corrected chi connectivity index (χ3v) is 6.27. The first-order valence-electron chi connectivity index (χ1n) is 9.44. The lowest BCUT2D eigenvalue weighted by Crippen LogP contribution is -2.49. The van der Waals surface area contributed by atoms with Gasteiger partial charge in [0.2, 0.25) is 0 Å². The van der Waals surface area contributed by atoms with Crippen LogP contribution in [0, 0.1) is 0 Å². The topological polar surface area (TPSA) is 64.7 Å². The van der Waals surface area contributed by atoms with Crippen molar-refractivity contribution in [3.8, 4) is 0 Å². The van der Waals surface area contributed by atoms with Crippen LogP contribution in [0.4, 0.5) is 11.4 Å². The van der Waals surface area contributed by atoms with Gasteiger partial charge in [0.15, 0.2) is 0 Å². The molecule has 2 N–H and O–H groups in total. The quantitative estimate of drug-likeness (QED) is 0.778. The Morgan fingerprint density at radius 2 is 1.68 bits per heavy atom. The first-order chi connectivity index (χ1) is 12.1. The van der Waals surface area contributed by atoms with E-state index >= 15 is 0 Å². The Morgan fingerprint density at radius 3 is 2.28 bits per heavy atom. The molecule has 0 radical (unpaired) electrons. The fourth-order valence-corrected chi connectivity index (χ4v) is 4.77. The van der Waals surface area contributed by atoms with Crippen molar-refractivity contribution in [2.75, 3.05) is 42.3 Å². The minimum absolute atomic E-state index is 0.443. The van der Waals surface area contributed by atoms with Crippen molar-refractivity contribution in [3.63, 3.8) is 0 Å². The predicted octanol–water partition coefficient (Wildman–Crippen LogP) is 2.41. The molecule has 3 rings (SSSR count). The number of anilines is 2. The molecule has 1 saturated carbocycles. The maximum Gasteiger partial charge on any atom is 0.299 e. The van der Waals surface area contributed by atoms with Gasteiger partial charge in [0.1, 0.15) is 0 Å². The summed E-state index contributed by atoms with van der Waals surface area (Å²) in [5, 5.41) is 0. The number of nitrogens with zero attached hydrogens (tertiary/aromatic N) is 2. The van der Waals surface area contributed by atoms with E-state index in [9.17, 15) is 8.42 Å². The van der Waals surface area contributed by atoms with Gasteiger partial charge in [-0.2, -0.15) is 13.1 Å². The molecule has 2 fully saturated rings. The van der Waals surface area contributed by atoms with Crippen molar-refractivity contribution in [3.05, 3.63) is 24.3 Å². The standard InChI is InChI=1S/C18H30N4O2S/c1-2-11-19-25(23,24)20-16-7-9-18(10-8-16)22-14-12-21(13-15-22)17-5-3-4-6-17/h7-10,17,19-20H,2-6,11-15H2,1H3. The molecule has 2 aliphatic rings. The number of benzene rings is 1. The summed E-state index contributed by atoms with van der Waals surface area (Å²) in [5.74, 6) is 0. The Balaban J connectivity index is 1.52. The Kier molecular flexibility index (Phi) is 6.19. The second kappa shape index (κ2) is 8.38. The molecule has 0 unspecified atom stereocenters. The van der Waals surface area contributed by atoms with Gasteiger partial charge < -0.3 is 4.90 Å². The monoisotopic (exact) mass is 366 g/mol. The molecule has 0 amide bonds. The summed E-state index contributed by atoms with van der Waals surface area (Å²) in [5.41, 5.74) is 1.76. The molecule has 1 aromatic rings. The predicted molar refractivity (Wildman–Crippen MR) is 103 cm³/mol. The molecule has 25 heavy (non-hydrogen) atoms. The van der Waals surface area contributed by atoms with Crippen molar-refractivity contribution in [2.24, 2.45) is 0 Å². The van der Waals surface area contributed by atoms with Crippen molar-refractivity contribution in [1.82, 2.24) is 9.62 Å². The maximum atomic E-state index is 11.9. The minimum atomic E-state index is -3.47. The Bertz CT molecular complexity index is 634. The van der Waals surface area contributed by atoms with Crippen LogP contribution in [0.1, 0.15) is 39.0 Å². The fraction of sp³-hybridized carbons (Fsp3) is 0.667. The third-order valence-electron chi connectivity index (χ3n) is 5.18. The molecule has 6 nitrogen and oxygen atoms in total. The van der Waals surface area contributed by atoms with Crippen LogP contribution in [0.3, 0.4) is 0 Å². The second-order valence-electron chi connectivity index (χ2n) is 7.01. The summed E-state index contributed by atoms with van der Waals surface area (Å²) in [4.78, 5) is 5.03. The van der Waals surface area contributed by atoms with Crippen LogP contribution in [0.2, 0.25) is 0 Å². The van der Waals surface area contributed by atoms with Crippen LogP contribution in [0.15, 0.2) is 24.3 Å². The number of nitrogens with one attached hydrogen (secondary N) is 2. The summed E-state index contributed by atoms with van der Waals surface area (Å²) in [6.45, 7) is 6.71. The van der Waals surface area contributed by atoms with Gasteiger partial charge in [-0.1, -0.05) is 19.8 Å². The van der Waals surface area contributed by atoms with Gasteiger partial charge >= 0.3 is 0 Å². The van der Waals surface area contributed by atoms with E-state index in [0.29, 0.717) is 12.2 Å². The van der Waals surface area contributed by atoms with E-state index in [2.05, 4.69) is 19.2 Å². The Hall–Kier alpha value is -1.31. The van der Waals surface area contributed by atoms with E-state index in [1.54, 1.807) is 0 Å². The summed E-state index contributed by atoms with van der Waals surface area (Å²) in [7, 11) is -3.47. The van der Waals surface area contributed by atoms with Crippen molar-refractivity contribution in [1.29, 1.82) is 0 Å². The van der Waals surface area contributed by atoms with Crippen molar-refractivity contribution < 1.29 is 8.42 Å². The number of hydrogen-bond donors (Lipinski definition) is 2. The SMILES string of the molecule is CCCNS(=O)(=O)Nc1ccc(N2CCN(C3CCCC3)CC2)cc1. The van der Waals surface area contributed by atoms with E-state index < -0.39 is 10.2 Å². The van der Waals surface area contributed by atoms with Crippen LogP contribution in [-0.2, 0) is 10.2 Å². The highest BCUT2D eigenvalue weighted by Gasteiger charge is 2.26. The highest BCUT2D eigenvalue weighted by Crippen LogP contribution is 2.26. The highest BCUT2D eigenvalue weighted by atomic mass is 32.2. The lowest BCUT2D eigenvalue weighted by molar-refractivity contribution is 0.187. The number of hydrogen-bond acceptors (Lipinski definition) is 4. The van der Waals surface area contributed by atoms with Crippen LogP contribution >= 0.6 is 0 Å². The van der Waals surface area contributed by atoms with E-state index in [1.165, 1.54) is 25.7 Å². The highest BCUT2D eigenvalue weighted by molar-refractivity contribution is 7.90. The Labute approximate surface area is 151 Å². The summed E-state index contributed by atoms with van der Waals surface area (Å²) >= 11 is 0. The molecule has 0 atom stereocenters. The molecule has 1 aliphatic carbocycles. The lowest BCUT2D eigenvalue weighted by Gasteiger charge is -2.39. The van der Waals surface area contributed by atoms with Gasteiger partial charge in [-0.15, -0.1) is 0 Å². The average molecular weight is 367 g/mol. The van der Waals surface area contributed by atoms with E-state index in [1.807, 2.05) is 31.2 Å². The van der Waals surface area contributed by atoms with Crippen molar-refractivity contribution in [2.45, 2.75) is 45.1 Å². The summed E-state index contributed by atoms with van der Waals surface area (Å²) in [6, 6.07) is 8.48. The van der Waals surface area contributed by atoms with Crippen molar-refractivity contribution >= 4 is 21.6 Å². The van der Waals surface area contributed by atoms with Gasteiger partial charge in [0, 0.05) is 50.1 Å². The molecule has 140 valence electrons. The first-order valence-corrected chi connectivity index (χ1v) is 10.9. The molecular weight excluding hydrogens is 336 g/mol. The first kappa shape index (κ1) is 18.5. The van der Waals surface area contributed by atoms with Gasteiger partial charge in [0.05, 0.1) is 0 Å². The zero-order chi connectivity index (χ0) is 17.7. The normalized spacial score (nSPS) is 20.1. The van der Waals surface area contributed by atoms with Gasteiger partial charge in [-0.05, 0) is 43.5 Å². The number of piperazine rings is 1. The molecule has 0 bridgehead atoms. The van der Waals surface area contributed by atoms with Crippen LogP contribution in [0.5, 0.6) is 0 Å². The van der Waals surface area contributed by atoms with Gasteiger partial charge in [-0.3, -0.25) is 9.62 Å². The summed E-state index contributed by atoms with van der Waals surface area (Å²) < 4.78 is 28.8. The van der Waals surface area contributed by atoms with Crippen LogP contribution in [0.25, 0.3) is 0 Å². The second-order valence-corrected chi connectivity index (χ2v) is 8.51. The van der Waals surface area contributed by atoms with E-state index in [-0.39, 0.29) is 0 Å². The van der Waals surface area contributed by atoms with E-state index in [4.69, 9.17) is 0 Å². The molecule has 7 heteroatoms. The number of rotatable bonds is 7. The zero-order valence-corrected chi connectivity index (χ0v) is 15.9. The summed E-state index contributed by atoms with van der Waals surface area (Å²) in [6.07, 6.45) is 6.26. The van der Waals surface area contributed by atoms with E-state index in [0.717, 1.165) is 44.3 Å². The van der Waals surface area contributed by atoms with Crippen LogP contribution < -0.4 is 14.3 Å². The largest absolute Gasteiger partial charge is 0.369 e. The molecule has 1 aromatic carbocycles. The van der Waals surface area contributed by atoms with Gasteiger partial charge in [-0.25, -0.2) is 0 Å². The molecular formula is C18H30N4O2S. The molecule has 1 heterocycles. The smallest absolute Gasteiger partial charge is 0.299 e. The molecule has 0 spiro atoms. The Morgan fingerprint density at radius 1 is 1.04 bits per heavy atom. The van der Waals surface area contributed by atoms with Gasteiger partial charge in [0.25, 0.3) is 10.2 Å². The molecule has 0 aromatic heterocycles. The van der Waals surface area contributed by atoms with Crippen LogP contribution in [-0.4, -0.2) is 52.1 Å². The minimum Gasteiger partial charge on any atom is -0.369 e. The average Bonchev–Trinajstić information content (AvgIpc) is 3.15. The molecule has 1 saturated heterocycles. The lowest BCUT2D eigenvalue weighted by atomic mass is 10.1. The third kappa shape index (κ3) is 5.09. The molecule has 1 aliphatic heterocycles.